The Kier molecular flexibility index (Phi) is 3.49. The minimum Gasteiger partial charge on any atom is -0.477 e. The number of carboxylic acids is 1. The van der Waals surface area contributed by atoms with Gasteiger partial charge in [0.15, 0.2) is 0 Å². The molecule has 1 heterocycles. The summed E-state index contributed by atoms with van der Waals surface area (Å²) in [6.07, 6.45) is 0. The quantitative estimate of drug-likeness (QED) is 0.843. The van der Waals surface area contributed by atoms with E-state index in [0.717, 1.165) is 11.3 Å². The minimum atomic E-state index is -1.01. The Bertz CT molecular complexity index is 522. The van der Waals surface area contributed by atoms with Crippen molar-refractivity contribution in [3.63, 3.8) is 0 Å². The van der Waals surface area contributed by atoms with Gasteiger partial charge in [0, 0.05) is 5.56 Å². The zero-order valence-corrected chi connectivity index (χ0v) is 10.0. The lowest BCUT2D eigenvalue weighted by Gasteiger charge is -1.98. The Hall–Kier alpha value is -1.75. The second kappa shape index (κ2) is 5.05. The van der Waals surface area contributed by atoms with Crippen LogP contribution in [0.15, 0.2) is 39.9 Å². The molecule has 0 amide bonds. The lowest BCUT2D eigenvalue weighted by Crippen LogP contribution is -1.98. The summed E-state index contributed by atoms with van der Waals surface area (Å²) < 4.78 is 5.08. The number of carbonyl (C=O) groups is 1. The number of benzene rings is 1. The number of aromatic carboxylic acids is 1. The van der Waals surface area contributed by atoms with Gasteiger partial charge < -0.3 is 9.63 Å². The van der Waals surface area contributed by atoms with Crippen molar-refractivity contribution >= 4 is 17.7 Å². The van der Waals surface area contributed by atoms with Crippen LogP contribution in [0.4, 0.5) is 0 Å². The van der Waals surface area contributed by atoms with Gasteiger partial charge in [-0.15, -0.1) is 0 Å². The number of hydrogen-bond acceptors (Lipinski definition) is 4. The number of hydrogen-bond donors (Lipinski definition) is 1. The molecule has 5 heteroatoms. The number of rotatable bonds is 4. The highest BCUT2D eigenvalue weighted by atomic mass is 32.2. The van der Waals surface area contributed by atoms with Gasteiger partial charge >= 0.3 is 5.97 Å². The van der Waals surface area contributed by atoms with E-state index in [1.165, 1.54) is 11.8 Å². The molecule has 0 unspecified atom stereocenters. The highest BCUT2D eigenvalue weighted by Gasteiger charge is 2.23. The molecule has 0 radical (unpaired) electrons. The van der Waals surface area contributed by atoms with Crippen molar-refractivity contribution in [3.05, 3.63) is 35.9 Å². The predicted octanol–water partition coefficient (Wildman–Crippen LogP) is 3.15. The van der Waals surface area contributed by atoms with Crippen LogP contribution in [-0.4, -0.2) is 22.0 Å². The first kappa shape index (κ1) is 11.7. The van der Waals surface area contributed by atoms with E-state index in [0.29, 0.717) is 10.8 Å². The van der Waals surface area contributed by atoms with E-state index in [-0.39, 0.29) is 5.56 Å². The maximum Gasteiger partial charge on any atom is 0.342 e. The molecule has 4 nitrogen and oxygen atoms in total. The fraction of sp³-hybridized carbons (Fsp3) is 0.167. The van der Waals surface area contributed by atoms with Crippen LogP contribution >= 0.6 is 11.8 Å². The van der Waals surface area contributed by atoms with Crippen molar-refractivity contribution in [2.24, 2.45) is 0 Å². The molecule has 2 aromatic rings. The third-order valence-electron chi connectivity index (χ3n) is 2.20. The van der Waals surface area contributed by atoms with Crippen molar-refractivity contribution < 1.29 is 14.4 Å². The van der Waals surface area contributed by atoms with Crippen LogP contribution in [0.3, 0.4) is 0 Å². The van der Waals surface area contributed by atoms with Crippen LogP contribution in [0, 0.1) is 0 Å². The highest BCUT2D eigenvalue weighted by Crippen LogP contribution is 2.31. The molecular formula is C12H11NO3S. The van der Waals surface area contributed by atoms with E-state index >= 15 is 0 Å². The summed E-state index contributed by atoms with van der Waals surface area (Å²) in [5.41, 5.74) is 1.27. The molecule has 0 atom stereocenters. The summed E-state index contributed by atoms with van der Waals surface area (Å²) in [5, 5.41) is 13.4. The molecule has 1 aromatic carbocycles. The van der Waals surface area contributed by atoms with Gasteiger partial charge in [0.25, 0.3) is 0 Å². The molecule has 0 aliphatic rings. The Balaban J connectivity index is 2.52. The standard InChI is InChI=1S/C12H11NO3S/c1-2-17-12-9(11(14)15)10(13-16-12)8-6-4-3-5-7-8/h3-7H,2H2,1H3,(H,14,15). The Morgan fingerprint density at radius 1 is 1.41 bits per heavy atom. The molecule has 0 bridgehead atoms. The predicted molar refractivity (Wildman–Crippen MR) is 65.3 cm³/mol. The van der Waals surface area contributed by atoms with Crippen LogP contribution in [0.5, 0.6) is 0 Å². The maximum absolute atomic E-state index is 11.2. The minimum absolute atomic E-state index is 0.142. The molecule has 88 valence electrons. The van der Waals surface area contributed by atoms with Crippen LogP contribution in [-0.2, 0) is 0 Å². The second-order valence-electron chi connectivity index (χ2n) is 3.30. The van der Waals surface area contributed by atoms with Crippen molar-refractivity contribution in [1.29, 1.82) is 0 Å². The van der Waals surface area contributed by atoms with E-state index < -0.39 is 5.97 Å². The van der Waals surface area contributed by atoms with Crippen molar-refractivity contribution in [1.82, 2.24) is 5.16 Å². The number of nitrogens with zero attached hydrogens (tertiary/aromatic N) is 1. The molecule has 0 fully saturated rings. The number of aromatic nitrogens is 1. The summed E-state index contributed by atoms with van der Waals surface area (Å²) >= 11 is 1.34. The Morgan fingerprint density at radius 3 is 2.71 bits per heavy atom. The molecule has 17 heavy (non-hydrogen) atoms. The summed E-state index contributed by atoms with van der Waals surface area (Å²) in [6.45, 7) is 1.93. The zero-order chi connectivity index (χ0) is 12.3. The van der Waals surface area contributed by atoms with E-state index in [1.807, 2.05) is 37.3 Å². The van der Waals surface area contributed by atoms with Gasteiger partial charge in [0.2, 0.25) is 5.09 Å². The molecule has 0 aliphatic heterocycles. The van der Waals surface area contributed by atoms with Gasteiger partial charge in [-0.2, -0.15) is 0 Å². The molecule has 0 saturated carbocycles. The topological polar surface area (TPSA) is 63.3 Å². The highest BCUT2D eigenvalue weighted by molar-refractivity contribution is 7.99. The van der Waals surface area contributed by atoms with Crippen LogP contribution in [0.25, 0.3) is 11.3 Å². The van der Waals surface area contributed by atoms with E-state index in [2.05, 4.69) is 5.16 Å². The average molecular weight is 249 g/mol. The van der Waals surface area contributed by atoms with Crippen LogP contribution in [0.2, 0.25) is 0 Å². The van der Waals surface area contributed by atoms with Crippen LogP contribution in [0.1, 0.15) is 17.3 Å². The molecule has 0 spiro atoms. The van der Waals surface area contributed by atoms with Gasteiger partial charge in [-0.05, 0) is 5.75 Å². The maximum atomic E-state index is 11.2. The molecule has 0 saturated heterocycles. The van der Waals surface area contributed by atoms with Gasteiger partial charge in [0.1, 0.15) is 11.3 Å². The van der Waals surface area contributed by atoms with Crippen molar-refractivity contribution in [2.75, 3.05) is 5.75 Å². The first-order chi connectivity index (χ1) is 8.24. The monoisotopic (exact) mass is 249 g/mol. The van der Waals surface area contributed by atoms with Crippen LogP contribution < -0.4 is 0 Å². The lowest BCUT2D eigenvalue weighted by atomic mass is 10.1. The smallest absolute Gasteiger partial charge is 0.342 e. The van der Waals surface area contributed by atoms with Gasteiger partial charge in [-0.25, -0.2) is 4.79 Å². The normalized spacial score (nSPS) is 10.4. The van der Waals surface area contributed by atoms with E-state index in [1.54, 1.807) is 0 Å². The average Bonchev–Trinajstić information content (AvgIpc) is 2.74. The fourth-order valence-corrected chi connectivity index (χ4v) is 2.17. The summed E-state index contributed by atoms with van der Waals surface area (Å²) in [4.78, 5) is 11.2. The molecule has 1 aromatic heterocycles. The third kappa shape index (κ3) is 2.34. The van der Waals surface area contributed by atoms with E-state index in [9.17, 15) is 9.90 Å². The first-order valence-corrected chi connectivity index (χ1v) is 6.13. The SMILES string of the molecule is CCSc1onc(-c2ccccc2)c1C(=O)O. The van der Waals surface area contributed by atoms with Gasteiger partial charge in [-0.1, -0.05) is 54.2 Å². The van der Waals surface area contributed by atoms with E-state index in [4.69, 9.17) is 4.52 Å². The third-order valence-corrected chi connectivity index (χ3v) is 3.03. The van der Waals surface area contributed by atoms with Crippen molar-refractivity contribution in [2.45, 2.75) is 12.0 Å². The molecule has 0 aliphatic carbocycles. The largest absolute Gasteiger partial charge is 0.477 e. The molecular weight excluding hydrogens is 238 g/mol. The van der Waals surface area contributed by atoms with Gasteiger partial charge in [-0.3, -0.25) is 0 Å². The summed E-state index contributed by atoms with van der Waals surface area (Å²) in [5.74, 6) is -0.273. The number of thioether (sulfide) groups is 1. The lowest BCUT2D eigenvalue weighted by molar-refractivity contribution is 0.0691. The Labute approximate surface area is 103 Å². The molecule has 2 rings (SSSR count). The first-order valence-electron chi connectivity index (χ1n) is 5.15. The second-order valence-corrected chi connectivity index (χ2v) is 4.53. The zero-order valence-electron chi connectivity index (χ0n) is 9.21. The van der Waals surface area contributed by atoms with Crippen molar-refractivity contribution in [3.8, 4) is 11.3 Å². The summed E-state index contributed by atoms with van der Waals surface area (Å²) in [7, 11) is 0. The summed E-state index contributed by atoms with van der Waals surface area (Å²) in [6, 6.07) is 9.16. The molecule has 1 N–H and O–H groups in total. The van der Waals surface area contributed by atoms with Gasteiger partial charge in [0.05, 0.1) is 0 Å². The fourth-order valence-electron chi connectivity index (χ4n) is 1.49. The number of carboxylic acid groups (broad SMARTS) is 1. The Morgan fingerprint density at radius 2 is 2.12 bits per heavy atom.